The second kappa shape index (κ2) is 7.02. The molecule has 0 atom stereocenters. The molecule has 1 aromatic heterocycles. The standard InChI is InChI=1S/C13H13Cl2N3OS/c1-9(14)8-20-13-17-16-12(18(13)2)7-19-11-5-3-10(15)4-6-11/h3-6H,1,7-8H2,2H3. The molecule has 2 rings (SSSR count). The summed E-state index contributed by atoms with van der Waals surface area (Å²) < 4.78 is 7.51. The SMILES string of the molecule is C=C(Cl)CSc1nnc(COc2ccc(Cl)cc2)n1C. The highest BCUT2D eigenvalue weighted by Gasteiger charge is 2.10. The lowest BCUT2D eigenvalue weighted by Gasteiger charge is -2.06. The molecule has 0 spiro atoms. The molecule has 0 radical (unpaired) electrons. The maximum atomic E-state index is 5.82. The molecule has 0 N–H and O–H groups in total. The first kappa shape index (κ1) is 15.2. The minimum atomic E-state index is 0.341. The molecule has 0 aliphatic carbocycles. The quantitative estimate of drug-likeness (QED) is 0.754. The summed E-state index contributed by atoms with van der Waals surface area (Å²) in [6, 6.07) is 7.18. The molecule has 7 heteroatoms. The number of aromatic nitrogens is 3. The minimum absolute atomic E-state index is 0.341. The minimum Gasteiger partial charge on any atom is -0.486 e. The van der Waals surface area contributed by atoms with Crippen LogP contribution in [0.4, 0.5) is 0 Å². The molecule has 0 aliphatic heterocycles. The molecule has 0 saturated carbocycles. The van der Waals surface area contributed by atoms with Gasteiger partial charge in [-0.15, -0.1) is 10.2 Å². The highest BCUT2D eigenvalue weighted by atomic mass is 35.5. The summed E-state index contributed by atoms with van der Waals surface area (Å²) in [6.45, 7) is 3.98. The normalized spacial score (nSPS) is 10.6. The van der Waals surface area contributed by atoms with Gasteiger partial charge in [-0.05, 0) is 24.3 Å². The lowest BCUT2D eigenvalue weighted by atomic mass is 10.3. The van der Waals surface area contributed by atoms with Gasteiger partial charge in [-0.3, -0.25) is 0 Å². The largest absolute Gasteiger partial charge is 0.486 e. The van der Waals surface area contributed by atoms with Crippen molar-refractivity contribution < 1.29 is 4.74 Å². The summed E-state index contributed by atoms with van der Waals surface area (Å²) in [5.74, 6) is 2.08. The van der Waals surface area contributed by atoms with Crippen molar-refractivity contribution in [3.63, 3.8) is 0 Å². The van der Waals surface area contributed by atoms with E-state index in [0.717, 1.165) is 16.7 Å². The third-order valence-electron chi connectivity index (χ3n) is 2.46. The van der Waals surface area contributed by atoms with Crippen LogP contribution in [0.1, 0.15) is 5.82 Å². The number of hydrogen-bond donors (Lipinski definition) is 0. The maximum Gasteiger partial charge on any atom is 0.191 e. The van der Waals surface area contributed by atoms with Crippen molar-refractivity contribution >= 4 is 35.0 Å². The van der Waals surface area contributed by atoms with E-state index in [2.05, 4.69) is 16.8 Å². The van der Waals surface area contributed by atoms with Gasteiger partial charge in [0.05, 0.1) is 0 Å². The van der Waals surface area contributed by atoms with Gasteiger partial charge in [-0.1, -0.05) is 41.5 Å². The molecule has 0 fully saturated rings. The topological polar surface area (TPSA) is 39.9 Å². The van der Waals surface area contributed by atoms with Crippen LogP contribution in [0, 0.1) is 0 Å². The second-order valence-electron chi connectivity index (χ2n) is 4.01. The zero-order valence-electron chi connectivity index (χ0n) is 10.8. The Morgan fingerprint density at radius 1 is 1.35 bits per heavy atom. The predicted molar refractivity (Wildman–Crippen MR) is 82.5 cm³/mol. The van der Waals surface area contributed by atoms with Gasteiger partial charge in [0.2, 0.25) is 0 Å². The zero-order chi connectivity index (χ0) is 14.5. The molecule has 0 bridgehead atoms. The molecule has 0 amide bonds. The van der Waals surface area contributed by atoms with Crippen LogP contribution in [0.25, 0.3) is 0 Å². The highest BCUT2D eigenvalue weighted by Crippen LogP contribution is 2.20. The van der Waals surface area contributed by atoms with E-state index in [1.807, 2.05) is 23.7 Å². The van der Waals surface area contributed by atoms with Crippen molar-refractivity contribution in [2.24, 2.45) is 7.05 Å². The van der Waals surface area contributed by atoms with Crippen molar-refractivity contribution in [1.82, 2.24) is 14.8 Å². The van der Waals surface area contributed by atoms with E-state index >= 15 is 0 Å². The van der Waals surface area contributed by atoms with Crippen LogP contribution in [0.2, 0.25) is 5.02 Å². The number of halogens is 2. The summed E-state index contributed by atoms with van der Waals surface area (Å²) in [5, 5.41) is 10.2. The van der Waals surface area contributed by atoms with Crippen molar-refractivity contribution in [2.45, 2.75) is 11.8 Å². The first-order chi connectivity index (χ1) is 9.56. The van der Waals surface area contributed by atoms with Gasteiger partial charge >= 0.3 is 0 Å². The second-order valence-corrected chi connectivity index (χ2v) is 5.92. The smallest absolute Gasteiger partial charge is 0.191 e. The summed E-state index contributed by atoms with van der Waals surface area (Å²) >= 11 is 13.0. The summed E-state index contributed by atoms with van der Waals surface area (Å²) in [7, 11) is 1.89. The van der Waals surface area contributed by atoms with Crippen LogP contribution >= 0.6 is 35.0 Å². The number of benzene rings is 1. The van der Waals surface area contributed by atoms with Gasteiger partial charge < -0.3 is 9.30 Å². The van der Waals surface area contributed by atoms with Crippen molar-refractivity contribution in [3.8, 4) is 5.75 Å². The molecular weight excluding hydrogens is 317 g/mol. The van der Waals surface area contributed by atoms with Crippen LogP contribution in [-0.4, -0.2) is 20.5 Å². The summed E-state index contributed by atoms with van der Waals surface area (Å²) in [6.07, 6.45) is 0. The van der Waals surface area contributed by atoms with E-state index < -0.39 is 0 Å². The molecule has 0 aliphatic rings. The fraction of sp³-hybridized carbons (Fsp3) is 0.231. The lowest BCUT2D eigenvalue weighted by Crippen LogP contribution is -2.04. The number of ether oxygens (including phenoxy) is 1. The fourth-order valence-corrected chi connectivity index (χ4v) is 2.39. The van der Waals surface area contributed by atoms with E-state index in [9.17, 15) is 0 Å². The predicted octanol–water partition coefficient (Wildman–Crippen LogP) is 3.89. The number of thioether (sulfide) groups is 1. The molecule has 0 saturated heterocycles. The molecule has 20 heavy (non-hydrogen) atoms. The van der Waals surface area contributed by atoms with Crippen LogP contribution in [0.15, 0.2) is 41.0 Å². The van der Waals surface area contributed by atoms with Gasteiger partial charge in [0.25, 0.3) is 0 Å². The molecule has 0 unspecified atom stereocenters. The van der Waals surface area contributed by atoms with E-state index in [4.69, 9.17) is 27.9 Å². The number of hydrogen-bond acceptors (Lipinski definition) is 4. The maximum absolute atomic E-state index is 5.82. The van der Waals surface area contributed by atoms with E-state index in [0.29, 0.717) is 22.4 Å². The molecule has 106 valence electrons. The Morgan fingerprint density at radius 2 is 2.05 bits per heavy atom. The van der Waals surface area contributed by atoms with E-state index in [-0.39, 0.29) is 0 Å². The van der Waals surface area contributed by atoms with E-state index in [1.165, 1.54) is 11.8 Å². The van der Waals surface area contributed by atoms with Crippen LogP contribution in [0.5, 0.6) is 5.75 Å². The first-order valence-corrected chi connectivity index (χ1v) is 7.53. The van der Waals surface area contributed by atoms with Crippen LogP contribution < -0.4 is 4.74 Å². The Balaban J connectivity index is 1.96. The van der Waals surface area contributed by atoms with Crippen molar-refractivity contribution in [3.05, 3.63) is 46.7 Å². The molecule has 4 nitrogen and oxygen atoms in total. The van der Waals surface area contributed by atoms with Crippen LogP contribution in [-0.2, 0) is 13.7 Å². The lowest BCUT2D eigenvalue weighted by molar-refractivity contribution is 0.290. The van der Waals surface area contributed by atoms with Crippen LogP contribution in [0.3, 0.4) is 0 Å². The third-order valence-corrected chi connectivity index (χ3v) is 4.12. The molecular formula is C13H13Cl2N3OS. The first-order valence-electron chi connectivity index (χ1n) is 5.79. The third kappa shape index (κ3) is 4.16. The van der Waals surface area contributed by atoms with Gasteiger partial charge in [-0.25, -0.2) is 0 Å². The Kier molecular flexibility index (Phi) is 5.34. The van der Waals surface area contributed by atoms with Gasteiger partial charge in [0.15, 0.2) is 11.0 Å². The van der Waals surface area contributed by atoms with E-state index in [1.54, 1.807) is 12.1 Å². The van der Waals surface area contributed by atoms with Gasteiger partial charge in [-0.2, -0.15) is 0 Å². The monoisotopic (exact) mass is 329 g/mol. The Labute approximate surface area is 131 Å². The summed E-state index contributed by atoms with van der Waals surface area (Å²) in [5.41, 5.74) is 0. The van der Waals surface area contributed by atoms with Crippen molar-refractivity contribution in [2.75, 3.05) is 5.75 Å². The highest BCUT2D eigenvalue weighted by molar-refractivity contribution is 7.99. The Morgan fingerprint density at radius 3 is 2.70 bits per heavy atom. The molecule has 2 aromatic rings. The number of nitrogens with zero attached hydrogens (tertiary/aromatic N) is 3. The average Bonchev–Trinajstić information content (AvgIpc) is 2.77. The van der Waals surface area contributed by atoms with Gasteiger partial charge in [0.1, 0.15) is 12.4 Å². The van der Waals surface area contributed by atoms with Gasteiger partial charge in [0, 0.05) is 22.9 Å². The molecule has 1 heterocycles. The molecule has 1 aromatic carbocycles. The van der Waals surface area contributed by atoms with Crippen molar-refractivity contribution in [1.29, 1.82) is 0 Å². The fourth-order valence-electron chi connectivity index (χ4n) is 1.42. The number of rotatable bonds is 6. The Hall–Kier alpha value is -1.17. The average molecular weight is 330 g/mol. The summed E-state index contributed by atoms with van der Waals surface area (Å²) in [4.78, 5) is 0. The Bertz CT molecular complexity index is 598. The zero-order valence-corrected chi connectivity index (χ0v) is 13.2.